The molecule has 0 aromatic heterocycles. The van der Waals surface area contributed by atoms with Gasteiger partial charge in [0.05, 0.1) is 12.1 Å². The summed E-state index contributed by atoms with van der Waals surface area (Å²) in [7, 11) is 0. The molecule has 1 aliphatic rings. The second-order valence-corrected chi connectivity index (χ2v) is 5.25. The molecule has 1 fully saturated rings. The lowest BCUT2D eigenvalue weighted by molar-refractivity contribution is -0.0426. The molecule has 1 unspecified atom stereocenters. The van der Waals surface area contributed by atoms with Crippen LogP contribution in [-0.4, -0.2) is 6.10 Å². The summed E-state index contributed by atoms with van der Waals surface area (Å²) in [5.74, 6) is 0. The topological polar surface area (TPSA) is 21.3 Å². The number of hydroxylamine groups is 1. The van der Waals surface area contributed by atoms with Crippen LogP contribution in [0.4, 0.5) is 0 Å². The predicted molar refractivity (Wildman–Crippen MR) is 75.2 cm³/mol. The van der Waals surface area contributed by atoms with Gasteiger partial charge >= 0.3 is 0 Å². The molecule has 0 spiro atoms. The van der Waals surface area contributed by atoms with Crippen molar-refractivity contribution in [2.45, 2.75) is 64.0 Å². The molecule has 1 saturated carbocycles. The number of benzene rings is 1. The highest BCUT2D eigenvalue weighted by molar-refractivity contribution is 5.18. The highest BCUT2D eigenvalue weighted by Crippen LogP contribution is 2.23. The molecular formula is C16H25NO. The first kappa shape index (κ1) is 13.6. The highest BCUT2D eigenvalue weighted by atomic mass is 16.7. The van der Waals surface area contributed by atoms with Crippen LogP contribution in [0.25, 0.3) is 0 Å². The fraction of sp³-hybridized carbons (Fsp3) is 0.625. The maximum Gasteiger partial charge on any atom is 0.0790 e. The molecule has 0 heterocycles. The molecule has 18 heavy (non-hydrogen) atoms. The molecule has 2 heteroatoms. The van der Waals surface area contributed by atoms with Crippen molar-refractivity contribution in [3.63, 3.8) is 0 Å². The standard InChI is InChI=1S/C16H25NO/c1-2-3-13-16(14-9-5-4-6-10-14)17-18-15-11-7-8-12-15/h4-6,9-10,15-17H,2-3,7-8,11-13H2,1H3. The van der Waals surface area contributed by atoms with Crippen LogP contribution in [0, 0.1) is 0 Å². The summed E-state index contributed by atoms with van der Waals surface area (Å²) in [5.41, 5.74) is 4.65. The van der Waals surface area contributed by atoms with Crippen molar-refractivity contribution < 1.29 is 4.84 Å². The molecular weight excluding hydrogens is 222 g/mol. The molecule has 1 atom stereocenters. The second kappa shape index (κ2) is 7.55. The van der Waals surface area contributed by atoms with Gasteiger partial charge in [-0.15, -0.1) is 0 Å². The van der Waals surface area contributed by atoms with Crippen LogP contribution in [0.3, 0.4) is 0 Å². The fourth-order valence-electron chi connectivity index (χ4n) is 2.57. The van der Waals surface area contributed by atoms with Crippen molar-refractivity contribution in [3.8, 4) is 0 Å². The molecule has 0 amide bonds. The lowest BCUT2D eigenvalue weighted by atomic mass is 10.0. The van der Waals surface area contributed by atoms with Crippen LogP contribution in [0.1, 0.15) is 63.5 Å². The highest BCUT2D eigenvalue weighted by Gasteiger charge is 2.18. The summed E-state index contributed by atoms with van der Waals surface area (Å²) in [5, 5.41) is 0. The van der Waals surface area contributed by atoms with Gasteiger partial charge in [0.15, 0.2) is 0 Å². The SMILES string of the molecule is CCCCC(NOC1CCCC1)c1ccccc1. The number of hydrogen-bond donors (Lipinski definition) is 1. The first-order valence-corrected chi connectivity index (χ1v) is 7.36. The fourth-order valence-corrected chi connectivity index (χ4v) is 2.57. The number of nitrogens with one attached hydrogen (secondary N) is 1. The average molecular weight is 247 g/mol. The monoisotopic (exact) mass is 247 g/mol. The van der Waals surface area contributed by atoms with Gasteiger partial charge in [0.1, 0.15) is 0 Å². The Morgan fingerprint density at radius 1 is 1.22 bits per heavy atom. The van der Waals surface area contributed by atoms with E-state index >= 15 is 0 Å². The Kier molecular flexibility index (Phi) is 5.69. The number of rotatable bonds is 7. The minimum Gasteiger partial charge on any atom is -0.298 e. The second-order valence-electron chi connectivity index (χ2n) is 5.25. The third-order valence-electron chi connectivity index (χ3n) is 3.73. The molecule has 0 saturated heterocycles. The number of unbranched alkanes of at least 4 members (excludes halogenated alkanes) is 1. The molecule has 1 aliphatic carbocycles. The summed E-state index contributed by atoms with van der Waals surface area (Å²) >= 11 is 0. The summed E-state index contributed by atoms with van der Waals surface area (Å²) in [6.07, 6.45) is 9.10. The van der Waals surface area contributed by atoms with Crippen LogP contribution in [-0.2, 0) is 4.84 Å². The van der Waals surface area contributed by atoms with E-state index in [2.05, 4.69) is 42.7 Å². The molecule has 0 aliphatic heterocycles. The largest absolute Gasteiger partial charge is 0.298 e. The third kappa shape index (κ3) is 4.11. The van der Waals surface area contributed by atoms with Gasteiger partial charge in [0.2, 0.25) is 0 Å². The lowest BCUT2D eigenvalue weighted by Crippen LogP contribution is -2.26. The molecule has 1 N–H and O–H groups in total. The van der Waals surface area contributed by atoms with E-state index in [-0.39, 0.29) is 0 Å². The minimum absolute atomic E-state index is 0.340. The van der Waals surface area contributed by atoms with Crippen molar-refractivity contribution in [3.05, 3.63) is 35.9 Å². The summed E-state index contributed by atoms with van der Waals surface area (Å²) in [6.45, 7) is 2.24. The Hall–Kier alpha value is -0.860. The van der Waals surface area contributed by atoms with Crippen LogP contribution >= 0.6 is 0 Å². The van der Waals surface area contributed by atoms with Crippen molar-refractivity contribution in [1.82, 2.24) is 5.48 Å². The Morgan fingerprint density at radius 3 is 2.61 bits per heavy atom. The van der Waals surface area contributed by atoms with Gasteiger partial charge in [0.25, 0.3) is 0 Å². The Balaban J connectivity index is 1.87. The van der Waals surface area contributed by atoms with Gasteiger partial charge in [-0.25, -0.2) is 0 Å². The Morgan fingerprint density at radius 2 is 1.94 bits per heavy atom. The van der Waals surface area contributed by atoms with E-state index in [1.165, 1.54) is 44.1 Å². The van der Waals surface area contributed by atoms with Crippen molar-refractivity contribution >= 4 is 0 Å². The predicted octanol–water partition coefficient (Wildman–Crippen LogP) is 4.38. The van der Waals surface area contributed by atoms with E-state index in [1.54, 1.807) is 0 Å². The zero-order chi connectivity index (χ0) is 12.6. The van der Waals surface area contributed by atoms with Gasteiger partial charge in [-0.05, 0) is 24.8 Å². The zero-order valence-electron chi connectivity index (χ0n) is 11.4. The number of hydrogen-bond acceptors (Lipinski definition) is 2. The first-order chi connectivity index (χ1) is 8.90. The molecule has 100 valence electrons. The third-order valence-corrected chi connectivity index (χ3v) is 3.73. The van der Waals surface area contributed by atoms with E-state index in [0.717, 1.165) is 6.42 Å². The molecule has 2 rings (SSSR count). The zero-order valence-corrected chi connectivity index (χ0v) is 11.4. The van der Waals surface area contributed by atoms with Gasteiger partial charge < -0.3 is 0 Å². The summed E-state index contributed by atoms with van der Waals surface area (Å²) in [6, 6.07) is 11.0. The maximum atomic E-state index is 5.87. The van der Waals surface area contributed by atoms with Crippen LogP contribution < -0.4 is 5.48 Å². The molecule has 1 aromatic rings. The van der Waals surface area contributed by atoms with Gasteiger partial charge in [-0.3, -0.25) is 4.84 Å². The van der Waals surface area contributed by atoms with E-state index < -0.39 is 0 Å². The van der Waals surface area contributed by atoms with E-state index in [9.17, 15) is 0 Å². The Labute approximate surface area is 111 Å². The molecule has 2 nitrogen and oxygen atoms in total. The smallest absolute Gasteiger partial charge is 0.0790 e. The quantitative estimate of drug-likeness (QED) is 0.722. The first-order valence-electron chi connectivity index (χ1n) is 7.36. The van der Waals surface area contributed by atoms with Gasteiger partial charge in [0, 0.05) is 0 Å². The normalized spacial score (nSPS) is 18.1. The molecule has 0 radical (unpaired) electrons. The lowest BCUT2D eigenvalue weighted by Gasteiger charge is -2.21. The van der Waals surface area contributed by atoms with Gasteiger partial charge in [-0.2, -0.15) is 5.48 Å². The Bertz CT molecular complexity index is 319. The molecule has 0 bridgehead atoms. The van der Waals surface area contributed by atoms with E-state index in [4.69, 9.17) is 4.84 Å². The van der Waals surface area contributed by atoms with E-state index in [1.807, 2.05) is 0 Å². The molecule has 1 aromatic carbocycles. The summed E-state index contributed by atoms with van der Waals surface area (Å²) in [4.78, 5) is 5.87. The van der Waals surface area contributed by atoms with Crippen molar-refractivity contribution in [2.75, 3.05) is 0 Å². The van der Waals surface area contributed by atoms with Crippen LogP contribution in [0.2, 0.25) is 0 Å². The van der Waals surface area contributed by atoms with Gasteiger partial charge in [-0.1, -0.05) is 62.9 Å². The van der Waals surface area contributed by atoms with Crippen LogP contribution in [0.5, 0.6) is 0 Å². The minimum atomic E-state index is 0.340. The average Bonchev–Trinajstić information content (AvgIpc) is 2.93. The summed E-state index contributed by atoms with van der Waals surface area (Å²) < 4.78 is 0. The van der Waals surface area contributed by atoms with E-state index in [0.29, 0.717) is 12.1 Å². The van der Waals surface area contributed by atoms with Crippen molar-refractivity contribution in [2.24, 2.45) is 0 Å². The maximum absolute atomic E-state index is 5.87. The van der Waals surface area contributed by atoms with Crippen LogP contribution in [0.15, 0.2) is 30.3 Å². The van der Waals surface area contributed by atoms with Crippen molar-refractivity contribution in [1.29, 1.82) is 0 Å².